The average Bonchev–Trinajstić information content (AvgIpc) is 2.33. The molecule has 19 heavy (non-hydrogen) atoms. The maximum Gasteiger partial charge on any atom is 0.293 e. The third-order valence-corrected chi connectivity index (χ3v) is 2.76. The summed E-state index contributed by atoms with van der Waals surface area (Å²) in [6.07, 6.45) is 0.235. The number of alkyl halides is 2. The molecule has 0 aliphatic rings. The molecule has 0 radical (unpaired) electrons. The van der Waals surface area contributed by atoms with Crippen molar-refractivity contribution in [2.45, 2.75) is 12.3 Å². The third-order valence-electron chi connectivity index (χ3n) is 2.52. The van der Waals surface area contributed by atoms with Gasteiger partial charge in [0.05, 0.1) is 0 Å². The molecule has 2 rings (SSSR count). The summed E-state index contributed by atoms with van der Waals surface area (Å²) < 4.78 is 53.9. The molecule has 1 heterocycles. The highest BCUT2D eigenvalue weighted by molar-refractivity contribution is 6.30. The molecule has 0 atom stereocenters. The van der Waals surface area contributed by atoms with Crippen molar-refractivity contribution >= 4 is 11.6 Å². The van der Waals surface area contributed by atoms with E-state index in [4.69, 9.17) is 11.6 Å². The van der Waals surface area contributed by atoms with Gasteiger partial charge in [0.25, 0.3) is 5.92 Å². The highest BCUT2D eigenvalue weighted by Gasteiger charge is 2.34. The van der Waals surface area contributed by atoms with Gasteiger partial charge in [-0.25, -0.2) is 8.78 Å². The van der Waals surface area contributed by atoms with E-state index < -0.39 is 29.7 Å². The van der Waals surface area contributed by atoms with Crippen molar-refractivity contribution in [3.8, 4) is 0 Å². The Hall–Kier alpha value is -1.62. The highest BCUT2D eigenvalue weighted by Crippen LogP contribution is 2.32. The van der Waals surface area contributed by atoms with Crippen LogP contribution in [0, 0.1) is 11.6 Å². The fourth-order valence-electron chi connectivity index (χ4n) is 1.60. The van der Waals surface area contributed by atoms with Crippen LogP contribution in [0.25, 0.3) is 0 Å². The molecule has 0 unspecified atom stereocenters. The molecule has 0 aliphatic carbocycles. The number of hydrogen-bond donors (Lipinski definition) is 0. The van der Waals surface area contributed by atoms with E-state index in [0.29, 0.717) is 6.07 Å². The lowest BCUT2D eigenvalue weighted by Gasteiger charge is -2.16. The van der Waals surface area contributed by atoms with Crippen molar-refractivity contribution in [1.82, 2.24) is 4.98 Å². The summed E-state index contributed by atoms with van der Waals surface area (Å²) in [5, 5.41) is 0.115. The molecule has 1 nitrogen and oxygen atoms in total. The Morgan fingerprint density at radius 2 is 1.84 bits per heavy atom. The molecule has 0 spiro atoms. The van der Waals surface area contributed by atoms with E-state index in [0.717, 1.165) is 24.4 Å². The predicted molar refractivity (Wildman–Crippen MR) is 63.2 cm³/mol. The second-order valence-electron chi connectivity index (χ2n) is 3.98. The van der Waals surface area contributed by atoms with Crippen molar-refractivity contribution in [2.24, 2.45) is 0 Å². The van der Waals surface area contributed by atoms with Crippen LogP contribution in [-0.4, -0.2) is 4.98 Å². The smallest absolute Gasteiger partial charge is 0.255 e. The normalized spacial score (nSPS) is 11.6. The third kappa shape index (κ3) is 3.23. The first kappa shape index (κ1) is 13.8. The van der Waals surface area contributed by atoms with Crippen LogP contribution in [0.15, 0.2) is 36.5 Å². The zero-order valence-corrected chi connectivity index (χ0v) is 10.3. The summed E-state index contributed by atoms with van der Waals surface area (Å²) in [6.45, 7) is 0. The van der Waals surface area contributed by atoms with E-state index >= 15 is 0 Å². The molecule has 6 heteroatoms. The van der Waals surface area contributed by atoms with Crippen LogP contribution in [0.4, 0.5) is 17.6 Å². The minimum atomic E-state index is -3.39. The first-order valence-electron chi connectivity index (χ1n) is 5.32. The van der Waals surface area contributed by atoms with E-state index in [1.54, 1.807) is 0 Å². The zero-order valence-electron chi connectivity index (χ0n) is 9.51. The molecule has 0 saturated carbocycles. The van der Waals surface area contributed by atoms with Gasteiger partial charge in [0, 0.05) is 23.7 Å². The minimum absolute atomic E-state index is 0.115. The van der Waals surface area contributed by atoms with Crippen molar-refractivity contribution in [3.05, 3.63) is 64.4 Å². The van der Waals surface area contributed by atoms with Gasteiger partial charge in [0.1, 0.15) is 17.3 Å². The zero-order chi connectivity index (χ0) is 14.0. The lowest BCUT2D eigenvalue weighted by molar-refractivity contribution is -0.00914. The monoisotopic (exact) mass is 289 g/mol. The molecular weight excluding hydrogens is 282 g/mol. The predicted octanol–water partition coefficient (Wildman–Crippen LogP) is 4.35. The molecule has 0 saturated heterocycles. The number of hydrogen-bond acceptors (Lipinski definition) is 1. The van der Waals surface area contributed by atoms with Gasteiger partial charge in [-0.05, 0) is 23.8 Å². The van der Waals surface area contributed by atoms with Gasteiger partial charge in [0.15, 0.2) is 0 Å². The van der Waals surface area contributed by atoms with Crippen molar-refractivity contribution in [1.29, 1.82) is 0 Å². The number of benzene rings is 1. The van der Waals surface area contributed by atoms with E-state index in [2.05, 4.69) is 4.98 Å². The summed E-state index contributed by atoms with van der Waals surface area (Å²) >= 11 is 5.61. The van der Waals surface area contributed by atoms with E-state index in [1.165, 1.54) is 6.07 Å². The Labute approximate surface area is 111 Å². The van der Waals surface area contributed by atoms with Gasteiger partial charge in [-0.15, -0.1) is 0 Å². The summed E-state index contributed by atoms with van der Waals surface area (Å²) in [6, 6.07) is 4.86. The Morgan fingerprint density at radius 1 is 1.11 bits per heavy atom. The Bertz CT molecular complexity index is 601. The summed E-state index contributed by atoms with van der Waals surface area (Å²) in [4.78, 5) is 3.52. The SMILES string of the molecule is Fc1ccc(CC(F)(F)c2cc(Cl)ccn2)c(F)c1. The number of aromatic nitrogens is 1. The maximum absolute atomic E-state index is 13.9. The van der Waals surface area contributed by atoms with E-state index in [-0.39, 0.29) is 10.6 Å². The summed E-state index contributed by atoms with van der Waals surface area (Å²) in [5.41, 5.74) is -0.836. The van der Waals surface area contributed by atoms with Crippen LogP contribution in [0.2, 0.25) is 5.02 Å². The number of rotatable bonds is 3. The number of pyridine rings is 1. The van der Waals surface area contributed by atoms with Crippen molar-refractivity contribution in [3.63, 3.8) is 0 Å². The highest BCUT2D eigenvalue weighted by atomic mass is 35.5. The molecule has 2 aromatic rings. The van der Waals surface area contributed by atoms with Gasteiger partial charge in [-0.1, -0.05) is 17.7 Å². The van der Waals surface area contributed by atoms with Crippen LogP contribution in [0.5, 0.6) is 0 Å². The first-order valence-corrected chi connectivity index (χ1v) is 5.70. The van der Waals surface area contributed by atoms with Crippen LogP contribution < -0.4 is 0 Å². The molecule has 0 N–H and O–H groups in total. The van der Waals surface area contributed by atoms with Crippen LogP contribution in [0.1, 0.15) is 11.3 Å². The largest absolute Gasteiger partial charge is 0.293 e. The lowest BCUT2D eigenvalue weighted by Crippen LogP contribution is -2.19. The maximum atomic E-state index is 13.9. The molecule has 1 aromatic heterocycles. The van der Waals surface area contributed by atoms with Crippen LogP contribution >= 0.6 is 11.6 Å². The van der Waals surface area contributed by atoms with Crippen LogP contribution in [-0.2, 0) is 12.3 Å². The molecule has 100 valence electrons. The van der Waals surface area contributed by atoms with E-state index in [9.17, 15) is 17.6 Å². The standard InChI is InChI=1S/C13H8ClF4N/c14-9-3-4-19-12(5-9)13(17,18)7-8-1-2-10(15)6-11(8)16/h1-6H,7H2. The molecular formula is C13H8ClF4N. The Balaban J connectivity index is 2.30. The van der Waals surface area contributed by atoms with Crippen molar-refractivity contribution in [2.75, 3.05) is 0 Å². The van der Waals surface area contributed by atoms with Gasteiger partial charge in [0.2, 0.25) is 0 Å². The fourth-order valence-corrected chi connectivity index (χ4v) is 1.76. The molecule has 0 amide bonds. The minimum Gasteiger partial charge on any atom is -0.255 e. The first-order chi connectivity index (χ1) is 8.88. The van der Waals surface area contributed by atoms with E-state index in [1.807, 2.05) is 0 Å². The van der Waals surface area contributed by atoms with Gasteiger partial charge >= 0.3 is 0 Å². The van der Waals surface area contributed by atoms with Crippen LogP contribution in [0.3, 0.4) is 0 Å². The topological polar surface area (TPSA) is 12.9 Å². The second-order valence-corrected chi connectivity index (χ2v) is 4.41. The van der Waals surface area contributed by atoms with Gasteiger partial charge in [-0.3, -0.25) is 4.98 Å². The number of nitrogens with zero attached hydrogens (tertiary/aromatic N) is 1. The molecule has 0 fully saturated rings. The second kappa shape index (κ2) is 5.17. The molecule has 0 aliphatic heterocycles. The Kier molecular flexibility index (Phi) is 3.75. The van der Waals surface area contributed by atoms with Gasteiger partial charge in [-0.2, -0.15) is 8.78 Å². The fraction of sp³-hybridized carbons (Fsp3) is 0.154. The van der Waals surface area contributed by atoms with Gasteiger partial charge < -0.3 is 0 Å². The Morgan fingerprint density at radius 3 is 2.47 bits per heavy atom. The lowest BCUT2D eigenvalue weighted by atomic mass is 10.0. The number of halogens is 5. The quantitative estimate of drug-likeness (QED) is 0.766. The van der Waals surface area contributed by atoms with Crippen molar-refractivity contribution < 1.29 is 17.6 Å². The molecule has 0 bridgehead atoms. The summed E-state index contributed by atoms with van der Waals surface area (Å²) in [5.74, 6) is -5.21. The molecule has 1 aromatic carbocycles. The average molecular weight is 290 g/mol. The summed E-state index contributed by atoms with van der Waals surface area (Å²) in [7, 11) is 0.